The fourth-order valence-corrected chi connectivity index (χ4v) is 4.01. The lowest BCUT2D eigenvalue weighted by atomic mass is 9.88. The highest BCUT2D eigenvalue weighted by Gasteiger charge is 2.39. The first-order valence-electron chi connectivity index (χ1n) is 9.21. The van der Waals surface area contributed by atoms with Gasteiger partial charge >= 0.3 is 5.97 Å². The first kappa shape index (κ1) is 21.8. The quantitative estimate of drug-likeness (QED) is 0.379. The van der Waals surface area contributed by atoms with E-state index >= 15 is 0 Å². The molecule has 1 unspecified atom stereocenters. The second kappa shape index (κ2) is 8.45. The Morgan fingerprint density at radius 1 is 1.32 bits per heavy atom. The zero-order valence-electron chi connectivity index (χ0n) is 17.1. The lowest BCUT2D eigenvalue weighted by Gasteiger charge is -2.39. The fourth-order valence-electron chi connectivity index (χ4n) is 2.60. The number of allylic oxidation sites excluding steroid dienone is 1. The molecule has 0 N–H and O–H groups in total. The lowest BCUT2D eigenvalue weighted by Crippen LogP contribution is -2.43. The average molecular weight is 367 g/mol. The van der Waals surface area contributed by atoms with Gasteiger partial charge in [0.15, 0.2) is 14.1 Å². The van der Waals surface area contributed by atoms with Crippen LogP contribution < -0.4 is 0 Å². The number of carbonyl (C=O) groups is 2. The van der Waals surface area contributed by atoms with E-state index in [1.807, 2.05) is 19.9 Å². The van der Waals surface area contributed by atoms with Gasteiger partial charge in [-0.1, -0.05) is 26.8 Å². The van der Waals surface area contributed by atoms with Crippen LogP contribution in [-0.4, -0.2) is 32.8 Å². The minimum atomic E-state index is -1.99. The van der Waals surface area contributed by atoms with E-state index in [0.29, 0.717) is 17.6 Å². The number of hydrogen-bond donors (Lipinski definition) is 0. The van der Waals surface area contributed by atoms with E-state index < -0.39 is 14.3 Å². The number of rotatable bonds is 6. The van der Waals surface area contributed by atoms with Gasteiger partial charge in [-0.15, -0.1) is 0 Å². The molecule has 0 bridgehead atoms. The Labute approximate surface area is 153 Å². The van der Waals surface area contributed by atoms with Crippen molar-refractivity contribution in [1.29, 1.82) is 0 Å². The zero-order chi connectivity index (χ0) is 19.4. The van der Waals surface area contributed by atoms with Crippen LogP contribution in [0, 0.1) is 0 Å². The predicted molar refractivity (Wildman–Crippen MR) is 104 cm³/mol. The molecule has 0 spiro atoms. The number of hydrogen-bond acceptors (Lipinski definition) is 4. The third kappa shape index (κ3) is 5.38. The number of carbonyl (C=O) groups excluding carboxylic acids is 2. The first-order chi connectivity index (χ1) is 11.4. The van der Waals surface area contributed by atoms with Gasteiger partial charge in [0.05, 0.1) is 18.3 Å². The van der Waals surface area contributed by atoms with Crippen molar-refractivity contribution < 1.29 is 18.8 Å². The topological polar surface area (TPSA) is 52.6 Å². The van der Waals surface area contributed by atoms with Gasteiger partial charge in [0.1, 0.15) is 0 Å². The molecule has 0 amide bonds. The Balaban J connectivity index is 3.28. The highest BCUT2D eigenvalue weighted by molar-refractivity contribution is 6.74. The fraction of sp³-hybridized carbons (Fsp3) is 0.700. The van der Waals surface area contributed by atoms with Crippen LogP contribution in [0.4, 0.5) is 0 Å². The summed E-state index contributed by atoms with van der Waals surface area (Å²) in [5.74, 6) is -0.402. The second-order valence-corrected chi connectivity index (χ2v) is 13.0. The molecule has 1 atom stereocenters. The van der Waals surface area contributed by atoms with E-state index in [1.54, 1.807) is 6.92 Å². The van der Waals surface area contributed by atoms with Gasteiger partial charge in [-0.3, -0.25) is 4.79 Å². The summed E-state index contributed by atoms with van der Waals surface area (Å²) in [6.45, 7) is 16.8. The van der Waals surface area contributed by atoms with Crippen molar-refractivity contribution in [2.75, 3.05) is 6.61 Å². The van der Waals surface area contributed by atoms with E-state index in [1.165, 1.54) is 0 Å². The SMILES string of the molecule is CCOC(=O)/C(C1=CCCCC1=O)=C(/C)C(C)O[Si](C)(C)C(C)(C)C. The van der Waals surface area contributed by atoms with Crippen molar-refractivity contribution >= 4 is 20.1 Å². The van der Waals surface area contributed by atoms with Crippen LogP contribution in [0.15, 0.2) is 22.8 Å². The molecule has 0 saturated carbocycles. The number of ether oxygens (including phenoxy) is 1. The van der Waals surface area contributed by atoms with Gasteiger partial charge in [-0.25, -0.2) is 4.79 Å². The highest BCUT2D eigenvalue weighted by Crippen LogP contribution is 2.38. The summed E-state index contributed by atoms with van der Waals surface area (Å²) < 4.78 is 11.7. The van der Waals surface area contributed by atoms with Crippen LogP contribution in [0.1, 0.15) is 60.8 Å². The summed E-state index contributed by atoms with van der Waals surface area (Å²) in [6, 6.07) is 0. The van der Waals surface area contributed by atoms with Gasteiger partial charge in [0.25, 0.3) is 0 Å². The zero-order valence-corrected chi connectivity index (χ0v) is 18.1. The third-order valence-corrected chi connectivity index (χ3v) is 9.84. The molecular weight excluding hydrogens is 332 g/mol. The third-order valence-electron chi connectivity index (χ3n) is 5.29. The van der Waals surface area contributed by atoms with Crippen LogP contribution in [0.2, 0.25) is 18.1 Å². The lowest BCUT2D eigenvalue weighted by molar-refractivity contribution is -0.138. The average Bonchev–Trinajstić information content (AvgIpc) is 2.48. The standard InChI is InChI=1S/C20H34O4Si/c1-9-23-19(22)18(16-12-10-11-13-17(16)21)14(2)15(3)24-25(7,8)20(4,5)6/h12,15H,9-11,13H2,1-8H3/b18-14-. The van der Waals surface area contributed by atoms with Crippen molar-refractivity contribution in [3.8, 4) is 0 Å². The van der Waals surface area contributed by atoms with E-state index in [2.05, 4.69) is 33.9 Å². The van der Waals surface area contributed by atoms with Gasteiger partial charge < -0.3 is 9.16 Å². The minimum absolute atomic E-state index is 0.0215. The summed E-state index contributed by atoms with van der Waals surface area (Å²) >= 11 is 0. The Morgan fingerprint density at radius 2 is 1.92 bits per heavy atom. The maximum Gasteiger partial charge on any atom is 0.338 e. The van der Waals surface area contributed by atoms with Crippen LogP contribution in [0.3, 0.4) is 0 Å². The maximum absolute atomic E-state index is 12.6. The molecular formula is C20H34O4Si. The molecule has 1 aliphatic rings. The molecule has 0 saturated heterocycles. The second-order valence-electron chi connectivity index (χ2n) is 8.23. The van der Waals surface area contributed by atoms with Gasteiger partial charge in [-0.05, 0) is 57.3 Å². The molecule has 142 valence electrons. The largest absolute Gasteiger partial charge is 0.462 e. The van der Waals surface area contributed by atoms with Gasteiger partial charge in [0, 0.05) is 12.0 Å². The first-order valence-corrected chi connectivity index (χ1v) is 12.1. The van der Waals surface area contributed by atoms with Gasteiger partial charge in [0.2, 0.25) is 0 Å². The molecule has 0 aliphatic heterocycles. The maximum atomic E-state index is 12.6. The monoisotopic (exact) mass is 366 g/mol. The van der Waals surface area contributed by atoms with E-state index in [0.717, 1.165) is 18.4 Å². The number of ketones is 1. The van der Waals surface area contributed by atoms with E-state index in [9.17, 15) is 9.59 Å². The van der Waals surface area contributed by atoms with Crippen LogP contribution >= 0.6 is 0 Å². The van der Waals surface area contributed by atoms with Crippen molar-refractivity contribution in [3.05, 3.63) is 22.8 Å². The summed E-state index contributed by atoms with van der Waals surface area (Å²) in [5, 5.41) is 0.0750. The molecule has 0 aromatic carbocycles. The van der Waals surface area contributed by atoms with Crippen molar-refractivity contribution in [3.63, 3.8) is 0 Å². The summed E-state index contributed by atoms with van der Waals surface area (Å²) in [6.07, 6.45) is 3.78. The van der Waals surface area contributed by atoms with Crippen LogP contribution in [0.5, 0.6) is 0 Å². The molecule has 5 heteroatoms. The molecule has 1 rings (SSSR count). The molecule has 0 aromatic heterocycles. The Morgan fingerprint density at radius 3 is 2.40 bits per heavy atom. The summed E-state index contributed by atoms with van der Waals surface area (Å²) in [7, 11) is -1.99. The van der Waals surface area contributed by atoms with E-state index in [4.69, 9.17) is 9.16 Å². The molecule has 0 radical (unpaired) electrons. The van der Waals surface area contributed by atoms with Crippen molar-refractivity contribution in [1.82, 2.24) is 0 Å². The molecule has 0 heterocycles. The Kier molecular flexibility index (Phi) is 7.38. The molecule has 25 heavy (non-hydrogen) atoms. The highest BCUT2D eigenvalue weighted by atomic mass is 28.4. The predicted octanol–water partition coefficient (Wildman–Crippen LogP) is 4.96. The van der Waals surface area contributed by atoms with Crippen molar-refractivity contribution in [2.45, 2.75) is 85.0 Å². The summed E-state index contributed by atoms with van der Waals surface area (Å²) in [4.78, 5) is 25.0. The normalized spacial score (nSPS) is 18.4. The Bertz CT molecular complexity index is 579. The molecule has 4 nitrogen and oxygen atoms in total. The van der Waals surface area contributed by atoms with Crippen molar-refractivity contribution in [2.24, 2.45) is 0 Å². The Hall–Kier alpha value is -1.20. The molecule has 0 aromatic rings. The minimum Gasteiger partial charge on any atom is -0.462 e. The smallest absolute Gasteiger partial charge is 0.338 e. The van der Waals surface area contributed by atoms with E-state index in [-0.39, 0.29) is 23.5 Å². The van der Waals surface area contributed by atoms with Crippen LogP contribution in [-0.2, 0) is 18.8 Å². The molecule has 0 fully saturated rings. The number of esters is 1. The molecule has 1 aliphatic carbocycles. The number of Topliss-reactive ketones (excluding diaryl/α,β-unsaturated/α-hetero) is 1. The van der Waals surface area contributed by atoms with Gasteiger partial charge in [-0.2, -0.15) is 0 Å². The van der Waals surface area contributed by atoms with Crippen LogP contribution in [0.25, 0.3) is 0 Å². The summed E-state index contributed by atoms with van der Waals surface area (Å²) in [5.41, 5.74) is 1.69.